The topological polar surface area (TPSA) is 60.0 Å². The SMILES string of the molecule is COc1ccccc1NC(=O)CN1CCC2(CC1)OCCO2. The van der Waals surface area contributed by atoms with Gasteiger partial charge in [-0.1, -0.05) is 12.1 Å². The molecule has 0 saturated carbocycles. The van der Waals surface area contributed by atoms with Gasteiger partial charge in [0, 0.05) is 25.9 Å². The molecule has 22 heavy (non-hydrogen) atoms. The lowest BCUT2D eigenvalue weighted by molar-refractivity contribution is -0.185. The molecule has 0 aromatic heterocycles. The van der Waals surface area contributed by atoms with Crippen LogP contribution in [0.2, 0.25) is 0 Å². The quantitative estimate of drug-likeness (QED) is 0.913. The fourth-order valence-corrected chi connectivity index (χ4v) is 2.98. The van der Waals surface area contributed by atoms with E-state index in [1.54, 1.807) is 7.11 Å². The van der Waals surface area contributed by atoms with Gasteiger partial charge < -0.3 is 19.5 Å². The van der Waals surface area contributed by atoms with Crippen molar-refractivity contribution in [2.75, 3.05) is 45.3 Å². The summed E-state index contributed by atoms with van der Waals surface area (Å²) < 4.78 is 16.6. The lowest BCUT2D eigenvalue weighted by Crippen LogP contribution is -2.47. The molecule has 1 spiro atoms. The molecule has 6 nitrogen and oxygen atoms in total. The maximum absolute atomic E-state index is 12.2. The highest BCUT2D eigenvalue weighted by Gasteiger charge is 2.39. The lowest BCUT2D eigenvalue weighted by Gasteiger charge is -2.37. The van der Waals surface area contributed by atoms with Gasteiger partial charge >= 0.3 is 0 Å². The summed E-state index contributed by atoms with van der Waals surface area (Å²) in [5.74, 6) is 0.241. The van der Waals surface area contributed by atoms with Crippen LogP contribution >= 0.6 is 0 Å². The van der Waals surface area contributed by atoms with Crippen molar-refractivity contribution in [1.29, 1.82) is 0 Å². The highest BCUT2D eigenvalue weighted by atomic mass is 16.7. The smallest absolute Gasteiger partial charge is 0.238 e. The Kier molecular flexibility index (Phi) is 4.61. The molecule has 3 rings (SSSR count). The van der Waals surface area contributed by atoms with Crippen molar-refractivity contribution in [2.45, 2.75) is 18.6 Å². The number of carbonyl (C=O) groups excluding carboxylic acids is 1. The number of nitrogens with one attached hydrogen (secondary N) is 1. The van der Waals surface area contributed by atoms with E-state index < -0.39 is 5.79 Å². The van der Waals surface area contributed by atoms with Crippen molar-refractivity contribution in [1.82, 2.24) is 4.90 Å². The first-order valence-electron chi connectivity index (χ1n) is 7.64. The number of hydrogen-bond acceptors (Lipinski definition) is 5. The molecule has 1 aromatic rings. The maximum atomic E-state index is 12.2. The number of hydrogen-bond donors (Lipinski definition) is 1. The number of para-hydroxylation sites is 2. The number of likely N-dealkylation sites (tertiary alicyclic amines) is 1. The van der Waals surface area contributed by atoms with Gasteiger partial charge in [0.05, 0.1) is 32.6 Å². The summed E-state index contributed by atoms with van der Waals surface area (Å²) in [6, 6.07) is 7.41. The van der Waals surface area contributed by atoms with E-state index in [9.17, 15) is 4.79 Å². The van der Waals surface area contributed by atoms with Gasteiger partial charge in [-0.3, -0.25) is 9.69 Å². The van der Waals surface area contributed by atoms with E-state index >= 15 is 0 Å². The standard InChI is InChI=1S/C16H22N2O4/c1-20-14-5-3-2-4-13(14)17-15(19)12-18-8-6-16(7-9-18)21-10-11-22-16/h2-5H,6-12H2,1H3,(H,17,19). The average Bonchev–Trinajstić information content (AvgIpc) is 2.99. The number of piperidine rings is 1. The molecule has 0 atom stereocenters. The van der Waals surface area contributed by atoms with E-state index in [0.29, 0.717) is 31.2 Å². The molecule has 2 saturated heterocycles. The Labute approximate surface area is 130 Å². The van der Waals surface area contributed by atoms with Gasteiger partial charge in [-0.05, 0) is 12.1 Å². The summed E-state index contributed by atoms with van der Waals surface area (Å²) in [5.41, 5.74) is 0.700. The van der Waals surface area contributed by atoms with Crippen molar-refractivity contribution in [3.8, 4) is 5.75 Å². The van der Waals surface area contributed by atoms with Gasteiger partial charge in [0.2, 0.25) is 5.91 Å². The Balaban J connectivity index is 1.50. The third kappa shape index (κ3) is 3.40. The Morgan fingerprint density at radius 3 is 2.64 bits per heavy atom. The summed E-state index contributed by atoms with van der Waals surface area (Å²) >= 11 is 0. The van der Waals surface area contributed by atoms with Crippen LogP contribution in [-0.4, -0.2) is 56.6 Å². The Bertz CT molecular complexity index is 519. The van der Waals surface area contributed by atoms with Crippen LogP contribution in [0.3, 0.4) is 0 Å². The van der Waals surface area contributed by atoms with E-state index in [0.717, 1.165) is 25.9 Å². The zero-order valence-corrected chi connectivity index (χ0v) is 12.8. The predicted octanol–water partition coefficient (Wildman–Crippen LogP) is 1.47. The summed E-state index contributed by atoms with van der Waals surface area (Å²) in [6.45, 7) is 3.33. The number of methoxy groups -OCH3 is 1. The molecule has 1 aromatic carbocycles. The minimum absolute atomic E-state index is 0.0336. The van der Waals surface area contributed by atoms with Crippen LogP contribution in [0, 0.1) is 0 Å². The van der Waals surface area contributed by atoms with Crippen LogP contribution in [0.1, 0.15) is 12.8 Å². The van der Waals surface area contributed by atoms with Gasteiger partial charge in [0.15, 0.2) is 5.79 Å². The number of benzene rings is 1. The average molecular weight is 306 g/mol. The Morgan fingerprint density at radius 2 is 1.95 bits per heavy atom. The number of carbonyl (C=O) groups is 1. The largest absolute Gasteiger partial charge is 0.495 e. The molecular weight excluding hydrogens is 284 g/mol. The van der Waals surface area contributed by atoms with Crippen LogP contribution < -0.4 is 10.1 Å². The van der Waals surface area contributed by atoms with Gasteiger partial charge in [-0.2, -0.15) is 0 Å². The second kappa shape index (κ2) is 6.64. The minimum atomic E-state index is -0.393. The Morgan fingerprint density at radius 1 is 1.27 bits per heavy atom. The molecule has 0 bridgehead atoms. The third-order valence-electron chi connectivity index (χ3n) is 4.18. The normalized spacial score (nSPS) is 21.0. The number of rotatable bonds is 4. The van der Waals surface area contributed by atoms with E-state index in [4.69, 9.17) is 14.2 Å². The fourth-order valence-electron chi connectivity index (χ4n) is 2.98. The number of amides is 1. The first kappa shape index (κ1) is 15.3. The molecule has 6 heteroatoms. The van der Waals surface area contributed by atoms with Crippen molar-refractivity contribution in [3.63, 3.8) is 0 Å². The Hall–Kier alpha value is -1.63. The van der Waals surface area contributed by atoms with Crippen molar-refractivity contribution in [3.05, 3.63) is 24.3 Å². The number of ether oxygens (including phenoxy) is 3. The third-order valence-corrected chi connectivity index (χ3v) is 4.18. The predicted molar refractivity (Wildman–Crippen MR) is 81.9 cm³/mol. The molecule has 1 amide bonds. The van der Waals surface area contributed by atoms with Crippen LogP contribution in [0.5, 0.6) is 5.75 Å². The molecule has 0 aliphatic carbocycles. The van der Waals surface area contributed by atoms with Gasteiger partial charge in [0.1, 0.15) is 5.75 Å². The highest BCUT2D eigenvalue weighted by Crippen LogP contribution is 2.31. The molecule has 2 fully saturated rings. The van der Waals surface area contributed by atoms with Gasteiger partial charge in [-0.15, -0.1) is 0 Å². The van der Waals surface area contributed by atoms with E-state index in [-0.39, 0.29) is 5.91 Å². The molecule has 2 aliphatic rings. The summed E-state index contributed by atoms with van der Waals surface area (Å²) in [6.07, 6.45) is 1.63. The van der Waals surface area contributed by atoms with Crippen molar-refractivity contribution in [2.24, 2.45) is 0 Å². The first-order valence-corrected chi connectivity index (χ1v) is 7.64. The molecule has 2 heterocycles. The number of anilines is 1. The van der Waals surface area contributed by atoms with Gasteiger partial charge in [0.25, 0.3) is 0 Å². The molecule has 0 unspecified atom stereocenters. The fraction of sp³-hybridized carbons (Fsp3) is 0.562. The summed E-state index contributed by atoms with van der Waals surface area (Å²) in [5, 5.41) is 2.90. The first-order chi connectivity index (χ1) is 10.7. The second-order valence-electron chi connectivity index (χ2n) is 5.63. The van der Waals surface area contributed by atoms with E-state index in [1.807, 2.05) is 24.3 Å². The zero-order valence-electron chi connectivity index (χ0n) is 12.8. The molecule has 120 valence electrons. The van der Waals surface area contributed by atoms with Crippen molar-refractivity contribution >= 4 is 11.6 Å². The van der Waals surface area contributed by atoms with E-state index in [2.05, 4.69) is 10.2 Å². The van der Waals surface area contributed by atoms with E-state index in [1.165, 1.54) is 0 Å². The van der Waals surface area contributed by atoms with Gasteiger partial charge in [-0.25, -0.2) is 0 Å². The second-order valence-corrected chi connectivity index (χ2v) is 5.63. The molecule has 0 radical (unpaired) electrons. The maximum Gasteiger partial charge on any atom is 0.238 e. The minimum Gasteiger partial charge on any atom is -0.495 e. The van der Waals surface area contributed by atoms with Crippen LogP contribution in [-0.2, 0) is 14.3 Å². The lowest BCUT2D eigenvalue weighted by atomic mass is 10.0. The summed E-state index contributed by atoms with van der Waals surface area (Å²) in [4.78, 5) is 14.3. The molecular formula is C16H22N2O4. The van der Waals surface area contributed by atoms with Crippen LogP contribution in [0.4, 0.5) is 5.69 Å². The van der Waals surface area contributed by atoms with Crippen LogP contribution in [0.25, 0.3) is 0 Å². The molecule has 2 aliphatic heterocycles. The molecule has 1 N–H and O–H groups in total. The van der Waals surface area contributed by atoms with Crippen molar-refractivity contribution < 1.29 is 19.0 Å². The highest BCUT2D eigenvalue weighted by molar-refractivity contribution is 5.93. The number of nitrogens with zero attached hydrogens (tertiary/aromatic N) is 1. The summed E-state index contributed by atoms with van der Waals surface area (Å²) in [7, 11) is 1.59. The monoisotopic (exact) mass is 306 g/mol. The zero-order chi connectivity index (χ0) is 15.4. The van der Waals surface area contributed by atoms with Crippen LogP contribution in [0.15, 0.2) is 24.3 Å².